The highest BCUT2D eigenvalue weighted by atomic mass is 79.9. The number of ether oxygens (including phenoxy) is 2. The van der Waals surface area contributed by atoms with Gasteiger partial charge in [0.05, 0.1) is 12.5 Å². The van der Waals surface area contributed by atoms with E-state index in [0.717, 1.165) is 40.3 Å². The summed E-state index contributed by atoms with van der Waals surface area (Å²) in [5.74, 6) is 2.80. The number of halogens is 2. The van der Waals surface area contributed by atoms with Gasteiger partial charge in [0.25, 0.3) is 0 Å². The fourth-order valence-corrected chi connectivity index (χ4v) is 2.32. The van der Waals surface area contributed by atoms with Crippen LogP contribution in [-0.4, -0.2) is 6.61 Å². The smallest absolute Gasteiger partial charge is 0.131 e. The van der Waals surface area contributed by atoms with Crippen molar-refractivity contribution >= 4 is 27.5 Å². The van der Waals surface area contributed by atoms with Gasteiger partial charge in [-0.25, -0.2) is 0 Å². The number of hydrogen-bond acceptors (Lipinski definition) is 2. The van der Waals surface area contributed by atoms with Crippen molar-refractivity contribution in [1.82, 2.24) is 0 Å². The third-order valence-electron chi connectivity index (χ3n) is 2.69. The molecule has 0 fully saturated rings. The van der Waals surface area contributed by atoms with Crippen molar-refractivity contribution in [3.63, 3.8) is 0 Å². The van der Waals surface area contributed by atoms with Crippen LogP contribution in [0.2, 0.25) is 0 Å². The van der Waals surface area contributed by atoms with E-state index in [1.165, 1.54) is 0 Å². The van der Waals surface area contributed by atoms with Crippen LogP contribution in [0.4, 0.5) is 0 Å². The second-order valence-electron chi connectivity index (χ2n) is 4.31. The van der Waals surface area contributed by atoms with E-state index in [1.54, 1.807) is 0 Å². The summed E-state index contributed by atoms with van der Waals surface area (Å²) >= 11 is 9.36. The average molecular weight is 356 g/mol. The van der Waals surface area contributed by atoms with E-state index < -0.39 is 0 Å². The number of alkyl halides is 1. The molecule has 0 spiro atoms. The minimum absolute atomic E-state index is 0.409. The summed E-state index contributed by atoms with van der Waals surface area (Å²) in [5, 5.41) is 0. The maximum atomic E-state index is 5.93. The lowest BCUT2D eigenvalue weighted by atomic mass is 10.2. The van der Waals surface area contributed by atoms with Crippen molar-refractivity contribution in [1.29, 1.82) is 0 Å². The molecule has 2 aromatic carbocycles. The highest BCUT2D eigenvalue weighted by Gasteiger charge is 2.05. The first kappa shape index (κ1) is 15.2. The Morgan fingerprint density at radius 2 is 1.75 bits per heavy atom. The van der Waals surface area contributed by atoms with Gasteiger partial charge >= 0.3 is 0 Å². The summed E-state index contributed by atoms with van der Waals surface area (Å²) in [5.41, 5.74) is 0.951. The summed E-state index contributed by atoms with van der Waals surface area (Å²) in [6.07, 6.45) is 0.996. The van der Waals surface area contributed by atoms with Crippen LogP contribution in [0.1, 0.15) is 18.9 Å². The minimum Gasteiger partial charge on any atom is -0.494 e. The molecular weight excluding hydrogens is 340 g/mol. The summed E-state index contributed by atoms with van der Waals surface area (Å²) in [4.78, 5) is 0. The van der Waals surface area contributed by atoms with E-state index in [0.29, 0.717) is 5.88 Å². The highest BCUT2D eigenvalue weighted by molar-refractivity contribution is 9.10. The molecule has 0 unspecified atom stereocenters. The van der Waals surface area contributed by atoms with Gasteiger partial charge in [-0.2, -0.15) is 0 Å². The molecule has 0 bridgehead atoms. The average Bonchev–Trinajstić information content (AvgIpc) is 2.48. The normalized spacial score (nSPS) is 10.3. The van der Waals surface area contributed by atoms with Crippen LogP contribution in [0.3, 0.4) is 0 Å². The van der Waals surface area contributed by atoms with Gasteiger partial charge in [0, 0.05) is 10.0 Å². The van der Waals surface area contributed by atoms with Crippen LogP contribution >= 0.6 is 27.5 Å². The zero-order valence-corrected chi connectivity index (χ0v) is 13.6. The topological polar surface area (TPSA) is 18.5 Å². The van der Waals surface area contributed by atoms with Crippen LogP contribution in [-0.2, 0) is 5.88 Å². The summed E-state index contributed by atoms with van der Waals surface area (Å²) in [6.45, 7) is 2.81. The molecule has 0 aliphatic rings. The lowest BCUT2D eigenvalue weighted by molar-refractivity contribution is 0.317. The van der Waals surface area contributed by atoms with Gasteiger partial charge in [-0.15, -0.1) is 11.6 Å². The molecule has 0 aliphatic heterocycles. The summed E-state index contributed by atoms with van der Waals surface area (Å²) in [7, 11) is 0. The molecule has 0 saturated carbocycles. The van der Waals surface area contributed by atoms with E-state index >= 15 is 0 Å². The molecule has 20 heavy (non-hydrogen) atoms. The lowest BCUT2D eigenvalue weighted by Crippen LogP contribution is -1.95. The quantitative estimate of drug-likeness (QED) is 0.612. The zero-order valence-electron chi connectivity index (χ0n) is 11.2. The molecule has 0 saturated heterocycles. The molecule has 0 N–H and O–H groups in total. The van der Waals surface area contributed by atoms with Gasteiger partial charge in [0.1, 0.15) is 17.2 Å². The molecular formula is C16H16BrClO2. The van der Waals surface area contributed by atoms with Gasteiger partial charge in [-0.1, -0.05) is 22.9 Å². The van der Waals surface area contributed by atoms with Crippen molar-refractivity contribution in [2.45, 2.75) is 19.2 Å². The van der Waals surface area contributed by atoms with Gasteiger partial charge in [-0.05, 0) is 48.9 Å². The SMILES string of the molecule is CCCOc1ccc(Oc2ccc(Br)cc2CCl)cc1. The fourth-order valence-electron chi connectivity index (χ4n) is 1.70. The molecule has 0 radical (unpaired) electrons. The first-order chi connectivity index (χ1) is 9.72. The summed E-state index contributed by atoms with van der Waals surface area (Å²) in [6, 6.07) is 13.4. The number of rotatable bonds is 6. The Morgan fingerprint density at radius 1 is 1.05 bits per heavy atom. The number of benzene rings is 2. The third kappa shape index (κ3) is 4.15. The van der Waals surface area contributed by atoms with Crippen molar-refractivity contribution in [3.8, 4) is 17.2 Å². The maximum absolute atomic E-state index is 5.93. The summed E-state index contributed by atoms with van der Waals surface area (Å²) < 4.78 is 12.4. The number of hydrogen-bond donors (Lipinski definition) is 0. The van der Waals surface area contributed by atoms with E-state index in [1.807, 2.05) is 42.5 Å². The molecule has 2 aromatic rings. The molecule has 2 nitrogen and oxygen atoms in total. The van der Waals surface area contributed by atoms with E-state index in [4.69, 9.17) is 21.1 Å². The second kappa shape index (κ2) is 7.55. The van der Waals surface area contributed by atoms with Crippen LogP contribution in [0, 0.1) is 0 Å². The highest BCUT2D eigenvalue weighted by Crippen LogP contribution is 2.30. The minimum atomic E-state index is 0.409. The van der Waals surface area contributed by atoms with Crippen molar-refractivity contribution < 1.29 is 9.47 Å². The van der Waals surface area contributed by atoms with Gasteiger partial charge in [-0.3, -0.25) is 0 Å². The lowest BCUT2D eigenvalue weighted by Gasteiger charge is -2.11. The molecule has 0 amide bonds. The Morgan fingerprint density at radius 3 is 2.40 bits per heavy atom. The Balaban J connectivity index is 2.10. The van der Waals surface area contributed by atoms with Gasteiger partial charge in [0.15, 0.2) is 0 Å². The van der Waals surface area contributed by atoms with Crippen LogP contribution in [0.5, 0.6) is 17.2 Å². The molecule has 4 heteroatoms. The Hall–Kier alpha value is -1.19. The van der Waals surface area contributed by atoms with E-state index in [9.17, 15) is 0 Å². The third-order valence-corrected chi connectivity index (χ3v) is 3.47. The van der Waals surface area contributed by atoms with Crippen LogP contribution < -0.4 is 9.47 Å². The molecule has 0 atom stereocenters. The van der Waals surface area contributed by atoms with Crippen LogP contribution in [0.25, 0.3) is 0 Å². The predicted octanol–water partition coefficient (Wildman–Crippen LogP) is 5.77. The molecule has 106 valence electrons. The molecule has 0 heterocycles. The predicted molar refractivity (Wildman–Crippen MR) is 86.0 cm³/mol. The monoisotopic (exact) mass is 354 g/mol. The Bertz CT molecular complexity index is 555. The van der Waals surface area contributed by atoms with Crippen LogP contribution in [0.15, 0.2) is 46.9 Å². The maximum Gasteiger partial charge on any atom is 0.131 e. The van der Waals surface area contributed by atoms with Crippen molar-refractivity contribution in [2.24, 2.45) is 0 Å². The first-order valence-corrected chi connectivity index (χ1v) is 7.80. The van der Waals surface area contributed by atoms with Crippen molar-refractivity contribution in [2.75, 3.05) is 6.61 Å². The fraction of sp³-hybridized carbons (Fsp3) is 0.250. The Labute approximate surface area is 132 Å². The molecule has 2 rings (SSSR count). The van der Waals surface area contributed by atoms with Crippen molar-refractivity contribution in [3.05, 3.63) is 52.5 Å². The van der Waals surface area contributed by atoms with Gasteiger partial charge < -0.3 is 9.47 Å². The second-order valence-corrected chi connectivity index (χ2v) is 5.49. The zero-order chi connectivity index (χ0) is 14.4. The first-order valence-electron chi connectivity index (χ1n) is 6.48. The standard InChI is InChI=1S/C16H16BrClO2/c1-2-9-19-14-4-6-15(7-5-14)20-16-8-3-13(17)10-12(16)11-18/h3-8,10H,2,9,11H2,1H3. The van der Waals surface area contributed by atoms with E-state index in [-0.39, 0.29) is 0 Å². The largest absolute Gasteiger partial charge is 0.494 e. The molecule has 0 aromatic heterocycles. The van der Waals surface area contributed by atoms with E-state index in [2.05, 4.69) is 22.9 Å². The molecule has 0 aliphatic carbocycles. The Kier molecular flexibility index (Phi) is 5.74. The van der Waals surface area contributed by atoms with Gasteiger partial charge in [0.2, 0.25) is 0 Å².